The van der Waals surface area contributed by atoms with E-state index in [1.54, 1.807) is 11.3 Å². The van der Waals surface area contributed by atoms with Crippen LogP contribution in [0.25, 0.3) is 0 Å². The van der Waals surface area contributed by atoms with E-state index in [4.69, 9.17) is 0 Å². The van der Waals surface area contributed by atoms with Gasteiger partial charge in [0, 0.05) is 37.8 Å². The lowest BCUT2D eigenvalue weighted by atomic mass is 9.93. The van der Waals surface area contributed by atoms with Crippen molar-refractivity contribution in [1.29, 1.82) is 0 Å². The molecule has 1 N–H and O–H groups in total. The lowest BCUT2D eigenvalue weighted by Gasteiger charge is -2.34. The molecule has 1 aliphatic rings. The SMILES string of the molecule is CC(C)c1ccc(C(NC(=O)CN2CCN(c3nccs3)CC2)C(C)C)cc1. The third-order valence-electron chi connectivity index (χ3n) is 5.37. The monoisotopic (exact) mass is 400 g/mol. The molecule has 1 aromatic heterocycles. The minimum atomic E-state index is 0.0466. The van der Waals surface area contributed by atoms with Gasteiger partial charge in [0.25, 0.3) is 0 Å². The van der Waals surface area contributed by atoms with Gasteiger partial charge in [-0.15, -0.1) is 11.3 Å². The van der Waals surface area contributed by atoms with Crippen LogP contribution in [-0.4, -0.2) is 48.5 Å². The number of carbonyl (C=O) groups excluding carboxylic acids is 1. The summed E-state index contributed by atoms with van der Waals surface area (Å²) < 4.78 is 0. The number of anilines is 1. The number of nitrogens with zero attached hydrogens (tertiary/aromatic N) is 3. The number of hydrogen-bond donors (Lipinski definition) is 1. The Bertz CT molecular complexity index is 734. The Kier molecular flexibility index (Phi) is 7.08. The summed E-state index contributed by atoms with van der Waals surface area (Å²) in [6, 6.07) is 8.73. The molecule has 1 amide bonds. The van der Waals surface area contributed by atoms with Crippen LogP contribution in [0.5, 0.6) is 0 Å². The molecule has 0 spiro atoms. The van der Waals surface area contributed by atoms with E-state index < -0.39 is 0 Å². The molecular weight excluding hydrogens is 368 g/mol. The average molecular weight is 401 g/mol. The number of benzene rings is 1. The highest BCUT2D eigenvalue weighted by Crippen LogP contribution is 2.24. The highest BCUT2D eigenvalue weighted by molar-refractivity contribution is 7.13. The van der Waals surface area contributed by atoms with Gasteiger partial charge in [0.1, 0.15) is 0 Å². The minimum Gasteiger partial charge on any atom is -0.348 e. The third-order valence-corrected chi connectivity index (χ3v) is 6.21. The van der Waals surface area contributed by atoms with E-state index in [-0.39, 0.29) is 11.9 Å². The summed E-state index contributed by atoms with van der Waals surface area (Å²) in [5.41, 5.74) is 2.51. The van der Waals surface area contributed by atoms with Crippen molar-refractivity contribution in [2.75, 3.05) is 37.6 Å². The lowest BCUT2D eigenvalue weighted by molar-refractivity contribution is -0.123. The van der Waals surface area contributed by atoms with E-state index in [1.807, 2.05) is 11.6 Å². The summed E-state index contributed by atoms with van der Waals surface area (Å²) in [5.74, 6) is 0.967. The van der Waals surface area contributed by atoms with Crippen LogP contribution in [-0.2, 0) is 4.79 Å². The van der Waals surface area contributed by atoms with Crippen LogP contribution in [0.15, 0.2) is 35.8 Å². The molecule has 2 heterocycles. The summed E-state index contributed by atoms with van der Waals surface area (Å²) in [4.78, 5) is 21.6. The molecule has 1 unspecified atom stereocenters. The Morgan fingerprint density at radius 1 is 1.07 bits per heavy atom. The highest BCUT2D eigenvalue weighted by atomic mass is 32.1. The van der Waals surface area contributed by atoms with Crippen molar-refractivity contribution in [3.05, 3.63) is 47.0 Å². The maximum absolute atomic E-state index is 12.7. The zero-order valence-electron chi connectivity index (χ0n) is 17.4. The maximum atomic E-state index is 12.7. The Morgan fingerprint density at radius 3 is 2.25 bits per heavy atom. The molecule has 3 rings (SSSR count). The molecule has 1 fully saturated rings. The van der Waals surface area contributed by atoms with Crippen LogP contribution < -0.4 is 10.2 Å². The first-order valence-electron chi connectivity index (χ1n) is 10.2. The predicted molar refractivity (Wildman–Crippen MR) is 117 cm³/mol. The molecule has 0 bridgehead atoms. The van der Waals surface area contributed by atoms with Gasteiger partial charge in [0.2, 0.25) is 5.91 Å². The fourth-order valence-corrected chi connectivity index (χ4v) is 4.31. The van der Waals surface area contributed by atoms with Gasteiger partial charge in [-0.1, -0.05) is 52.0 Å². The summed E-state index contributed by atoms with van der Waals surface area (Å²) in [6.07, 6.45) is 1.85. The molecule has 0 radical (unpaired) electrons. The first-order chi connectivity index (χ1) is 13.4. The Balaban J connectivity index is 1.53. The smallest absolute Gasteiger partial charge is 0.234 e. The standard InChI is InChI=1S/C22H32N4OS/c1-16(2)18-5-7-19(8-6-18)21(17(3)4)24-20(27)15-25-10-12-26(13-11-25)22-23-9-14-28-22/h5-9,14,16-17,21H,10-13,15H2,1-4H3,(H,24,27). The van der Waals surface area contributed by atoms with Gasteiger partial charge >= 0.3 is 0 Å². The number of hydrogen-bond acceptors (Lipinski definition) is 5. The molecule has 28 heavy (non-hydrogen) atoms. The zero-order chi connectivity index (χ0) is 20.1. The van der Waals surface area contributed by atoms with Crippen molar-refractivity contribution < 1.29 is 4.79 Å². The Hall–Kier alpha value is -1.92. The molecule has 0 saturated carbocycles. The van der Waals surface area contributed by atoms with Crippen LogP contribution in [0.2, 0.25) is 0 Å². The summed E-state index contributed by atoms with van der Waals surface area (Å²) in [5, 5.41) is 6.35. The van der Waals surface area contributed by atoms with E-state index in [0.717, 1.165) is 31.3 Å². The van der Waals surface area contributed by atoms with Gasteiger partial charge in [-0.2, -0.15) is 0 Å². The molecular formula is C22H32N4OS. The van der Waals surface area contributed by atoms with E-state index in [2.05, 4.69) is 72.1 Å². The van der Waals surface area contributed by atoms with E-state index in [0.29, 0.717) is 18.4 Å². The Labute approximate surface area is 172 Å². The van der Waals surface area contributed by atoms with Crippen molar-refractivity contribution in [2.24, 2.45) is 5.92 Å². The highest BCUT2D eigenvalue weighted by Gasteiger charge is 2.23. The summed E-state index contributed by atoms with van der Waals surface area (Å²) in [6.45, 7) is 12.8. The van der Waals surface area contributed by atoms with Crippen molar-refractivity contribution in [3.63, 3.8) is 0 Å². The van der Waals surface area contributed by atoms with E-state index in [1.165, 1.54) is 11.1 Å². The van der Waals surface area contributed by atoms with Gasteiger partial charge in [0.15, 0.2) is 5.13 Å². The van der Waals surface area contributed by atoms with Gasteiger partial charge in [-0.3, -0.25) is 9.69 Å². The maximum Gasteiger partial charge on any atom is 0.234 e. The fourth-order valence-electron chi connectivity index (χ4n) is 3.61. The van der Waals surface area contributed by atoms with Crippen LogP contribution in [0.3, 0.4) is 0 Å². The van der Waals surface area contributed by atoms with E-state index in [9.17, 15) is 4.79 Å². The van der Waals surface area contributed by atoms with Crippen LogP contribution in [0, 0.1) is 5.92 Å². The topological polar surface area (TPSA) is 48.5 Å². The molecule has 1 aromatic carbocycles. The molecule has 0 aliphatic carbocycles. The third kappa shape index (κ3) is 5.32. The molecule has 2 aromatic rings. The summed E-state index contributed by atoms with van der Waals surface area (Å²) in [7, 11) is 0. The fraction of sp³-hybridized carbons (Fsp3) is 0.545. The first-order valence-corrected chi connectivity index (χ1v) is 11.1. The van der Waals surface area contributed by atoms with Crippen LogP contribution >= 0.6 is 11.3 Å². The molecule has 152 valence electrons. The van der Waals surface area contributed by atoms with Crippen LogP contribution in [0.1, 0.15) is 50.8 Å². The number of thiazole rings is 1. The molecule has 1 saturated heterocycles. The molecule has 1 aliphatic heterocycles. The number of nitrogens with one attached hydrogen (secondary N) is 1. The average Bonchev–Trinajstić information content (AvgIpc) is 3.21. The zero-order valence-corrected chi connectivity index (χ0v) is 18.2. The second-order valence-electron chi connectivity index (χ2n) is 8.19. The van der Waals surface area contributed by atoms with Crippen molar-refractivity contribution in [3.8, 4) is 0 Å². The molecule has 1 atom stereocenters. The van der Waals surface area contributed by atoms with E-state index >= 15 is 0 Å². The quantitative estimate of drug-likeness (QED) is 0.766. The van der Waals surface area contributed by atoms with Crippen molar-refractivity contribution in [2.45, 2.75) is 39.7 Å². The first kappa shape index (κ1) is 20.8. The molecule has 5 nitrogen and oxygen atoms in total. The van der Waals surface area contributed by atoms with Gasteiger partial charge in [-0.05, 0) is 23.0 Å². The van der Waals surface area contributed by atoms with Crippen LogP contribution in [0.4, 0.5) is 5.13 Å². The second kappa shape index (κ2) is 9.52. The van der Waals surface area contributed by atoms with Gasteiger partial charge in [-0.25, -0.2) is 4.98 Å². The number of carbonyl (C=O) groups is 1. The lowest BCUT2D eigenvalue weighted by Crippen LogP contribution is -2.50. The Morgan fingerprint density at radius 2 is 1.71 bits per heavy atom. The summed E-state index contributed by atoms with van der Waals surface area (Å²) >= 11 is 1.67. The van der Waals surface area contributed by atoms with Gasteiger partial charge < -0.3 is 10.2 Å². The normalized spacial score (nSPS) is 16.6. The number of rotatable bonds is 7. The minimum absolute atomic E-state index is 0.0466. The van der Waals surface area contributed by atoms with Gasteiger partial charge in [0.05, 0.1) is 12.6 Å². The number of aromatic nitrogens is 1. The van der Waals surface area contributed by atoms with Crippen molar-refractivity contribution >= 4 is 22.4 Å². The van der Waals surface area contributed by atoms with Crippen molar-refractivity contribution in [1.82, 2.24) is 15.2 Å². The number of amides is 1. The molecule has 6 heteroatoms. The predicted octanol–water partition coefficient (Wildman–Crippen LogP) is 3.90. The second-order valence-corrected chi connectivity index (χ2v) is 9.06. The number of piperazine rings is 1. The largest absolute Gasteiger partial charge is 0.348 e.